The lowest BCUT2D eigenvalue weighted by atomic mass is 10.0. The van der Waals surface area contributed by atoms with E-state index in [1.165, 1.54) is 24.5 Å². The molecule has 1 atom stereocenters. The van der Waals surface area contributed by atoms with Crippen LogP contribution in [0.15, 0.2) is 73.2 Å². The molecule has 0 bridgehead atoms. The molecule has 6 N–H and O–H groups in total. The first kappa shape index (κ1) is 22.5. The van der Waals surface area contributed by atoms with Crippen LogP contribution in [0.2, 0.25) is 0 Å². The minimum Gasteiger partial charge on any atom is -0.489 e. The van der Waals surface area contributed by atoms with E-state index < -0.39 is 17.9 Å². The second-order valence-corrected chi connectivity index (χ2v) is 7.72. The van der Waals surface area contributed by atoms with Gasteiger partial charge in [-0.15, -0.1) is 0 Å². The molecule has 0 spiro atoms. The van der Waals surface area contributed by atoms with Crippen molar-refractivity contribution in [2.75, 3.05) is 0 Å². The van der Waals surface area contributed by atoms with E-state index in [-0.39, 0.29) is 12.3 Å². The van der Waals surface area contributed by atoms with Crippen LogP contribution in [0.25, 0.3) is 10.9 Å². The molecular weight excluding hydrogens is 434 g/mol. The SMILES string of the molecule is N=C(N)c1ccc(COc2ccc3[nH]cc(CC(NC(=O)c4ccncc4)C(=O)O)c3c2)cc1. The van der Waals surface area contributed by atoms with E-state index in [1.54, 1.807) is 18.3 Å². The molecule has 0 radical (unpaired) electrons. The van der Waals surface area contributed by atoms with Crippen LogP contribution in [0, 0.1) is 5.41 Å². The highest BCUT2D eigenvalue weighted by molar-refractivity contribution is 5.97. The van der Waals surface area contributed by atoms with Gasteiger partial charge in [-0.2, -0.15) is 0 Å². The largest absolute Gasteiger partial charge is 0.489 e. The van der Waals surface area contributed by atoms with Crippen molar-refractivity contribution in [3.8, 4) is 5.75 Å². The number of rotatable bonds is 9. The van der Waals surface area contributed by atoms with Crippen LogP contribution in [-0.4, -0.2) is 38.8 Å². The van der Waals surface area contributed by atoms with E-state index in [2.05, 4.69) is 15.3 Å². The number of aliphatic carboxylic acids is 1. The first-order chi connectivity index (χ1) is 16.4. The highest BCUT2D eigenvalue weighted by atomic mass is 16.5. The van der Waals surface area contributed by atoms with Gasteiger partial charge < -0.3 is 25.9 Å². The van der Waals surface area contributed by atoms with Crippen LogP contribution in [0.3, 0.4) is 0 Å². The van der Waals surface area contributed by atoms with Crippen molar-refractivity contribution in [2.45, 2.75) is 19.1 Å². The number of hydrogen-bond donors (Lipinski definition) is 5. The summed E-state index contributed by atoms with van der Waals surface area (Å²) in [6.07, 6.45) is 4.79. The minimum absolute atomic E-state index is 0.00883. The lowest BCUT2D eigenvalue weighted by Gasteiger charge is -2.14. The summed E-state index contributed by atoms with van der Waals surface area (Å²) in [6.45, 7) is 0.323. The molecule has 0 aliphatic heterocycles. The number of nitrogens with one attached hydrogen (secondary N) is 3. The van der Waals surface area contributed by atoms with Gasteiger partial charge in [-0.1, -0.05) is 24.3 Å². The Morgan fingerprint density at radius 1 is 1.09 bits per heavy atom. The number of nitrogen functional groups attached to an aromatic ring is 1. The second-order valence-electron chi connectivity index (χ2n) is 7.72. The van der Waals surface area contributed by atoms with Crippen molar-refractivity contribution < 1.29 is 19.4 Å². The molecule has 4 rings (SSSR count). The average molecular weight is 457 g/mol. The number of pyridine rings is 1. The Bertz CT molecular complexity index is 1330. The Morgan fingerprint density at radius 2 is 1.82 bits per heavy atom. The predicted octanol–water partition coefficient (Wildman–Crippen LogP) is 2.85. The molecule has 9 nitrogen and oxygen atoms in total. The molecule has 2 aromatic carbocycles. The zero-order valence-corrected chi connectivity index (χ0v) is 18.1. The Hall–Kier alpha value is -4.66. The summed E-state index contributed by atoms with van der Waals surface area (Å²) < 4.78 is 5.91. The molecule has 34 heavy (non-hydrogen) atoms. The van der Waals surface area contributed by atoms with Crippen LogP contribution in [0.4, 0.5) is 0 Å². The Kier molecular flexibility index (Phi) is 6.54. The molecule has 0 saturated heterocycles. The van der Waals surface area contributed by atoms with Gasteiger partial charge >= 0.3 is 5.97 Å². The van der Waals surface area contributed by atoms with E-state index in [1.807, 2.05) is 30.3 Å². The summed E-state index contributed by atoms with van der Waals surface area (Å²) in [5.41, 5.74) is 8.96. The molecule has 0 fully saturated rings. The normalized spacial score (nSPS) is 11.6. The number of carbonyl (C=O) groups excluding carboxylic acids is 1. The van der Waals surface area contributed by atoms with Crippen LogP contribution < -0.4 is 15.8 Å². The summed E-state index contributed by atoms with van der Waals surface area (Å²) >= 11 is 0. The molecule has 1 amide bonds. The Labute approximate surface area is 195 Å². The molecule has 2 aromatic heterocycles. The number of carboxylic acid groups (broad SMARTS) is 1. The van der Waals surface area contributed by atoms with Gasteiger partial charge in [-0.3, -0.25) is 15.2 Å². The van der Waals surface area contributed by atoms with Gasteiger partial charge in [0.15, 0.2) is 0 Å². The number of aromatic amines is 1. The topological polar surface area (TPSA) is 154 Å². The molecule has 0 saturated carbocycles. The van der Waals surface area contributed by atoms with Gasteiger partial charge in [-0.25, -0.2) is 4.79 Å². The molecule has 9 heteroatoms. The number of benzene rings is 2. The summed E-state index contributed by atoms with van der Waals surface area (Å²) in [7, 11) is 0. The second kappa shape index (κ2) is 9.86. The fourth-order valence-corrected chi connectivity index (χ4v) is 3.53. The third kappa shape index (κ3) is 5.21. The van der Waals surface area contributed by atoms with E-state index in [9.17, 15) is 14.7 Å². The average Bonchev–Trinajstić information content (AvgIpc) is 3.25. The minimum atomic E-state index is -1.13. The van der Waals surface area contributed by atoms with Gasteiger partial charge in [-0.05, 0) is 41.5 Å². The van der Waals surface area contributed by atoms with Gasteiger partial charge in [0.05, 0.1) is 0 Å². The van der Waals surface area contributed by atoms with Crippen molar-refractivity contribution >= 4 is 28.6 Å². The number of carbonyl (C=O) groups is 2. The van der Waals surface area contributed by atoms with E-state index in [0.717, 1.165) is 22.0 Å². The van der Waals surface area contributed by atoms with Crippen LogP contribution in [-0.2, 0) is 17.8 Å². The van der Waals surface area contributed by atoms with Crippen molar-refractivity contribution in [1.29, 1.82) is 5.41 Å². The summed E-state index contributed by atoms with van der Waals surface area (Å²) in [4.78, 5) is 31.3. The first-order valence-corrected chi connectivity index (χ1v) is 10.5. The number of aromatic nitrogens is 2. The number of hydrogen-bond acceptors (Lipinski definition) is 5. The van der Waals surface area contributed by atoms with Crippen molar-refractivity contribution in [3.05, 3.63) is 95.4 Å². The molecular formula is C25H23N5O4. The number of fused-ring (bicyclic) bond motifs is 1. The summed E-state index contributed by atoms with van der Waals surface area (Å²) in [5, 5.41) is 20.5. The maximum Gasteiger partial charge on any atom is 0.326 e. The summed E-state index contributed by atoms with van der Waals surface area (Å²) in [6, 6.07) is 14.7. The van der Waals surface area contributed by atoms with Gasteiger partial charge in [0, 0.05) is 47.0 Å². The zero-order valence-electron chi connectivity index (χ0n) is 18.1. The molecule has 172 valence electrons. The highest BCUT2D eigenvalue weighted by Crippen LogP contribution is 2.25. The van der Waals surface area contributed by atoms with Crippen molar-refractivity contribution in [1.82, 2.24) is 15.3 Å². The number of amides is 1. The smallest absolute Gasteiger partial charge is 0.326 e. The lowest BCUT2D eigenvalue weighted by Crippen LogP contribution is -2.42. The van der Waals surface area contributed by atoms with E-state index in [4.69, 9.17) is 15.9 Å². The van der Waals surface area contributed by atoms with Crippen molar-refractivity contribution in [2.24, 2.45) is 5.73 Å². The summed E-state index contributed by atoms with van der Waals surface area (Å²) in [5.74, 6) is -0.973. The van der Waals surface area contributed by atoms with E-state index in [0.29, 0.717) is 23.5 Å². The molecule has 1 unspecified atom stereocenters. The fraction of sp³-hybridized carbons (Fsp3) is 0.120. The zero-order chi connectivity index (χ0) is 24.1. The predicted molar refractivity (Wildman–Crippen MR) is 127 cm³/mol. The first-order valence-electron chi connectivity index (χ1n) is 10.5. The maximum absolute atomic E-state index is 12.4. The Morgan fingerprint density at radius 3 is 2.50 bits per heavy atom. The number of nitrogens with two attached hydrogens (primary N) is 1. The number of nitrogens with zero attached hydrogens (tertiary/aromatic N) is 1. The van der Waals surface area contributed by atoms with Gasteiger partial charge in [0.25, 0.3) is 5.91 Å². The van der Waals surface area contributed by atoms with Crippen LogP contribution in [0.1, 0.15) is 27.0 Å². The number of carboxylic acids is 1. The third-order valence-corrected chi connectivity index (χ3v) is 5.38. The van der Waals surface area contributed by atoms with Gasteiger partial charge in [0.2, 0.25) is 0 Å². The number of amidine groups is 1. The monoisotopic (exact) mass is 457 g/mol. The number of H-pyrrole nitrogens is 1. The highest BCUT2D eigenvalue weighted by Gasteiger charge is 2.22. The third-order valence-electron chi connectivity index (χ3n) is 5.38. The molecule has 0 aliphatic rings. The maximum atomic E-state index is 12.4. The lowest BCUT2D eigenvalue weighted by molar-refractivity contribution is -0.139. The molecule has 2 heterocycles. The van der Waals surface area contributed by atoms with E-state index >= 15 is 0 Å². The Balaban J connectivity index is 1.48. The molecule has 4 aromatic rings. The fourth-order valence-electron chi connectivity index (χ4n) is 3.53. The van der Waals surface area contributed by atoms with Gasteiger partial charge in [0.1, 0.15) is 24.2 Å². The van der Waals surface area contributed by atoms with Crippen LogP contribution >= 0.6 is 0 Å². The van der Waals surface area contributed by atoms with Crippen molar-refractivity contribution in [3.63, 3.8) is 0 Å². The quantitative estimate of drug-likeness (QED) is 0.192. The van der Waals surface area contributed by atoms with Crippen LogP contribution in [0.5, 0.6) is 5.75 Å². The molecule has 0 aliphatic carbocycles. The standard InChI is InChI=1S/C25H23N5O4/c26-23(27)16-3-1-15(2-4-16)14-34-19-5-6-21-20(12-19)18(13-29-21)11-22(25(32)33)30-24(31)17-7-9-28-10-8-17/h1-10,12-13,22,29H,11,14H2,(H3,26,27)(H,30,31)(H,32,33). The number of ether oxygens (including phenoxy) is 1.